The molecule has 0 N–H and O–H groups in total. The third kappa shape index (κ3) is 4.35. The maximum Gasteiger partial charge on any atom is 0.513 e. The molecule has 0 atom stereocenters. The Morgan fingerprint density at radius 1 is 0.579 bits per heavy atom. The minimum Gasteiger partial charge on any atom is -0.452 e. The molecule has 0 aliphatic heterocycles. The molecular weight excluding hydrogens is 496 g/mol. The van der Waals surface area contributed by atoms with Crippen LogP contribution in [0.15, 0.2) is 91.2 Å². The molecule has 0 unspecified atom stereocenters. The first kappa shape index (κ1) is 24.3. The highest BCUT2D eigenvalue weighted by molar-refractivity contribution is 5.85. The molecule has 0 saturated heterocycles. The van der Waals surface area contributed by atoms with Gasteiger partial charge in [-0.1, -0.05) is 48.5 Å². The van der Waals surface area contributed by atoms with E-state index >= 15 is 0 Å². The van der Waals surface area contributed by atoms with Crippen molar-refractivity contribution in [3.05, 3.63) is 93.2 Å². The molecule has 0 radical (unpaired) electrons. The molecule has 0 aliphatic rings. The largest absolute Gasteiger partial charge is 0.513 e. The van der Waals surface area contributed by atoms with Crippen LogP contribution in [-0.2, 0) is 9.47 Å². The Bertz CT molecular complexity index is 1680. The van der Waals surface area contributed by atoms with Crippen molar-refractivity contribution in [3.63, 3.8) is 0 Å². The lowest BCUT2D eigenvalue weighted by atomic mass is 10.0. The minimum absolute atomic E-state index is 0.0170. The van der Waals surface area contributed by atoms with Crippen molar-refractivity contribution >= 4 is 34.2 Å². The molecule has 0 bridgehead atoms. The number of carbonyl (C=O) groups is 2. The van der Waals surface area contributed by atoms with Crippen LogP contribution in [0.3, 0.4) is 0 Å². The normalized spacial score (nSPS) is 10.8. The molecule has 190 valence electrons. The molecule has 0 fully saturated rings. The van der Waals surface area contributed by atoms with Gasteiger partial charge in [0.15, 0.2) is 11.5 Å². The first-order chi connectivity index (χ1) is 18.4. The van der Waals surface area contributed by atoms with Gasteiger partial charge in [0, 0.05) is 11.1 Å². The van der Waals surface area contributed by atoms with Crippen molar-refractivity contribution in [3.8, 4) is 34.1 Å². The van der Waals surface area contributed by atoms with Crippen LogP contribution < -0.4 is 20.3 Å². The topological polar surface area (TPSA) is 131 Å². The highest BCUT2D eigenvalue weighted by atomic mass is 16.7. The van der Waals surface area contributed by atoms with E-state index in [4.69, 9.17) is 18.3 Å². The molecule has 0 saturated carbocycles. The predicted molar refractivity (Wildman–Crippen MR) is 135 cm³/mol. The molecule has 0 aliphatic carbocycles. The lowest BCUT2D eigenvalue weighted by Gasteiger charge is -2.12. The fourth-order valence-corrected chi connectivity index (χ4v) is 3.84. The van der Waals surface area contributed by atoms with E-state index in [-0.39, 0.29) is 45.0 Å². The molecule has 38 heavy (non-hydrogen) atoms. The molecule has 0 amide bonds. The van der Waals surface area contributed by atoms with Crippen molar-refractivity contribution in [2.45, 2.75) is 0 Å². The minimum atomic E-state index is -1.09. The van der Waals surface area contributed by atoms with Gasteiger partial charge in [0.25, 0.3) is 0 Å². The van der Waals surface area contributed by atoms with Crippen molar-refractivity contribution in [1.82, 2.24) is 0 Å². The zero-order valence-corrected chi connectivity index (χ0v) is 20.0. The number of rotatable bonds is 4. The van der Waals surface area contributed by atoms with Gasteiger partial charge in [-0.25, -0.2) is 9.59 Å². The number of hydrogen-bond acceptors (Lipinski definition) is 10. The second-order valence-corrected chi connectivity index (χ2v) is 7.86. The van der Waals surface area contributed by atoms with Crippen LogP contribution in [0.4, 0.5) is 9.59 Å². The highest BCUT2D eigenvalue weighted by Crippen LogP contribution is 2.35. The van der Waals surface area contributed by atoms with Crippen LogP contribution in [0.5, 0.6) is 11.5 Å². The summed E-state index contributed by atoms with van der Waals surface area (Å²) in [6.07, 6.45) is -2.18. The van der Waals surface area contributed by atoms with E-state index in [1.54, 1.807) is 72.8 Å². The summed E-state index contributed by atoms with van der Waals surface area (Å²) in [5, 5.41) is 0.434. The number of ether oxygens (including phenoxy) is 4. The van der Waals surface area contributed by atoms with Gasteiger partial charge in [-0.15, -0.1) is 0 Å². The van der Waals surface area contributed by atoms with Gasteiger partial charge in [-0.3, -0.25) is 9.59 Å². The van der Waals surface area contributed by atoms with E-state index in [0.29, 0.717) is 11.1 Å². The second-order valence-electron chi connectivity index (χ2n) is 7.86. The third-order valence-electron chi connectivity index (χ3n) is 5.63. The second kappa shape index (κ2) is 9.94. The third-order valence-corrected chi connectivity index (χ3v) is 5.63. The molecule has 5 aromatic rings. The van der Waals surface area contributed by atoms with Gasteiger partial charge in [-0.2, -0.15) is 0 Å². The molecule has 2 heterocycles. The van der Waals surface area contributed by atoms with Crippen LogP contribution >= 0.6 is 0 Å². The van der Waals surface area contributed by atoms with E-state index in [0.717, 1.165) is 14.2 Å². The van der Waals surface area contributed by atoms with Gasteiger partial charge in [0.1, 0.15) is 11.2 Å². The monoisotopic (exact) mass is 514 g/mol. The summed E-state index contributed by atoms with van der Waals surface area (Å²) in [4.78, 5) is 49.9. The van der Waals surface area contributed by atoms with Gasteiger partial charge in [-0.05, 0) is 24.3 Å². The summed E-state index contributed by atoms with van der Waals surface area (Å²) in [6, 6.07) is 19.2. The molecule has 10 heteroatoms. The Hall–Kier alpha value is -5.38. The zero-order chi connectivity index (χ0) is 26.8. The van der Waals surface area contributed by atoms with E-state index in [2.05, 4.69) is 9.47 Å². The Morgan fingerprint density at radius 3 is 1.32 bits per heavy atom. The number of carbonyl (C=O) groups excluding carboxylic acids is 2. The summed E-state index contributed by atoms with van der Waals surface area (Å²) in [5.74, 6) is -0.737. The van der Waals surface area contributed by atoms with Gasteiger partial charge in [0.2, 0.25) is 22.4 Å². The maximum absolute atomic E-state index is 13.1. The average molecular weight is 514 g/mol. The summed E-state index contributed by atoms with van der Waals surface area (Å²) < 4.78 is 31.2. The zero-order valence-electron chi connectivity index (χ0n) is 20.0. The van der Waals surface area contributed by atoms with Gasteiger partial charge >= 0.3 is 12.3 Å². The van der Waals surface area contributed by atoms with Crippen molar-refractivity contribution in [2.75, 3.05) is 14.2 Å². The maximum atomic E-state index is 13.1. The van der Waals surface area contributed by atoms with E-state index in [1.165, 1.54) is 0 Å². The van der Waals surface area contributed by atoms with Crippen molar-refractivity contribution in [1.29, 1.82) is 0 Å². The van der Waals surface area contributed by atoms with E-state index < -0.39 is 23.2 Å². The van der Waals surface area contributed by atoms with Gasteiger partial charge in [0.05, 0.1) is 25.0 Å². The van der Waals surface area contributed by atoms with Gasteiger partial charge < -0.3 is 27.8 Å². The fourth-order valence-electron chi connectivity index (χ4n) is 3.84. The van der Waals surface area contributed by atoms with Crippen LogP contribution in [0.2, 0.25) is 0 Å². The molecular formula is C28H18O10. The standard InChI is InChI=1S/C28H18O10/c1-33-27(31)37-25-21(29)17-7-3-5-9-19(17)35-23(25)15-11-13-16(14-12-15)24-26(38-28(32)34-2)22(30)18-8-4-6-10-20(18)36-24/h3-14H,1-2H3. The smallest absolute Gasteiger partial charge is 0.452 e. The summed E-state index contributed by atoms with van der Waals surface area (Å²) in [7, 11) is 2.23. The molecule has 3 aromatic carbocycles. The number of hydrogen-bond donors (Lipinski definition) is 0. The first-order valence-electron chi connectivity index (χ1n) is 11.2. The SMILES string of the molecule is COC(=O)Oc1c(-c2ccc(-c3oc4ccccc4c(=O)c3OC(=O)OC)cc2)oc2ccccc2c1=O. The number of methoxy groups -OCH3 is 2. The van der Waals surface area contributed by atoms with Crippen LogP contribution in [0.25, 0.3) is 44.6 Å². The Balaban J connectivity index is 1.66. The Labute approximate surface area is 213 Å². The fraction of sp³-hybridized carbons (Fsp3) is 0.0714. The number of fused-ring (bicyclic) bond motifs is 2. The van der Waals surface area contributed by atoms with Crippen LogP contribution in [0, 0.1) is 0 Å². The Kier molecular flexibility index (Phi) is 6.36. The molecule has 5 rings (SSSR count). The molecule has 2 aromatic heterocycles. The molecule has 0 spiro atoms. The number of benzene rings is 3. The quantitative estimate of drug-likeness (QED) is 0.282. The van der Waals surface area contributed by atoms with Crippen LogP contribution in [-0.4, -0.2) is 26.5 Å². The predicted octanol–water partition coefficient (Wildman–Crippen LogP) is 5.52. The first-order valence-corrected chi connectivity index (χ1v) is 11.2. The summed E-state index contributed by atoms with van der Waals surface area (Å²) >= 11 is 0. The lowest BCUT2D eigenvalue weighted by molar-refractivity contribution is 0.119. The van der Waals surface area contributed by atoms with Crippen molar-refractivity contribution < 1.29 is 37.4 Å². The van der Waals surface area contributed by atoms with Crippen LogP contribution in [0.1, 0.15) is 0 Å². The number of para-hydroxylation sites is 2. The highest BCUT2D eigenvalue weighted by Gasteiger charge is 2.23. The summed E-state index contributed by atoms with van der Waals surface area (Å²) in [6.45, 7) is 0. The van der Waals surface area contributed by atoms with Crippen molar-refractivity contribution in [2.24, 2.45) is 0 Å². The molecule has 10 nitrogen and oxygen atoms in total. The Morgan fingerprint density at radius 2 is 0.947 bits per heavy atom. The lowest BCUT2D eigenvalue weighted by Crippen LogP contribution is -2.16. The summed E-state index contributed by atoms with van der Waals surface area (Å²) in [5.41, 5.74) is 0.172. The van der Waals surface area contributed by atoms with E-state index in [9.17, 15) is 19.2 Å². The average Bonchev–Trinajstić information content (AvgIpc) is 2.95. The van der Waals surface area contributed by atoms with E-state index in [1.807, 2.05) is 0 Å².